The molecule has 1 aliphatic heterocycles. The summed E-state index contributed by atoms with van der Waals surface area (Å²) in [6.07, 6.45) is -3.50. The summed E-state index contributed by atoms with van der Waals surface area (Å²) in [7, 11) is 1.60. The summed E-state index contributed by atoms with van der Waals surface area (Å²) in [5, 5.41) is 2.98. The zero-order valence-electron chi connectivity index (χ0n) is 16.3. The van der Waals surface area contributed by atoms with Crippen LogP contribution in [0.2, 0.25) is 0 Å². The fourth-order valence-corrected chi connectivity index (χ4v) is 3.70. The first-order valence-corrected chi connectivity index (χ1v) is 9.72. The van der Waals surface area contributed by atoms with Gasteiger partial charge in [-0.3, -0.25) is 9.69 Å². The monoisotopic (exact) mass is 406 g/mol. The second-order valence-corrected chi connectivity index (χ2v) is 7.18. The largest absolute Gasteiger partial charge is 0.497 e. The molecule has 1 fully saturated rings. The Kier molecular flexibility index (Phi) is 6.79. The van der Waals surface area contributed by atoms with E-state index in [0.717, 1.165) is 23.3 Å². The van der Waals surface area contributed by atoms with Gasteiger partial charge in [-0.05, 0) is 56.1 Å². The Bertz CT molecular complexity index is 822. The third-order valence-corrected chi connectivity index (χ3v) is 5.16. The molecule has 0 unspecified atom stereocenters. The molecule has 7 heteroatoms. The van der Waals surface area contributed by atoms with Gasteiger partial charge in [-0.25, -0.2) is 0 Å². The highest BCUT2D eigenvalue weighted by Crippen LogP contribution is 2.30. The van der Waals surface area contributed by atoms with E-state index >= 15 is 0 Å². The molecule has 156 valence electrons. The van der Waals surface area contributed by atoms with Gasteiger partial charge in [-0.2, -0.15) is 13.2 Å². The molecule has 1 heterocycles. The summed E-state index contributed by atoms with van der Waals surface area (Å²) in [4.78, 5) is 14.7. The van der Waals surface area contributed by atoms with Crippen LogP contribution in [-0.2, 0) is 4.79 Å². The molecule has 3 rings (SSSR count). The van der Waals surface area contributed by atoms with E-state index in [1.54, 1.807) is 7.11 Å². The van der Waals surface area contributed by atoms with Crippen molar-refractivity contribution in [2.24, 2.45) is 0 Å². The number of likely N-dealkylation sites (tertiary alicyclic amines) is 1. The Morgan fingerprint density at radius 3 is 2.59 bits per heavy atom. The van der Waals surface area contributed by atoms with Crippen molar-refractivity contribution in [3.63, 3.8) is 0 Å². The minimum absolute atomic E-state index is 0.00964. The van der Waals surface area contributed by atoms with E-state index in [1.807, 2.05) is 53.4 Å². The number of benzene rings is 2. The predicted molar refractivity (Wildman–Crippen MR) is 107 cm³/mol. The highest BCUT2D eigenvalue weighted by Gasteiger charge is 2.32. The van der Waals surface area contributed by atoms with Crippen LogP contribution in [0.15, 0.2) is 48.5 Å². The summed E-state index contributed by atoms with van der Waals surface area (Å²) in [6.45, 7) is 0.924. The summed E-state index contributed by atoms with van der Waals surface area (Å²) in [5.74, 6) is 0.575. The Balaban J connectivity index is 1.68. The number of methoxy groups -OCH3 is 1. The number of para-hydroxylation sites is 1. The van der Waals surface area contributed by atoms with E-state index in [1.165, 1.54) is 0 Å². The predicted octanol–water partition coefficient (Wildman–Crippen LogP) is 5.11. The van der Waals surface area contributed by atoms with Gasteiger partial charge in [0.1, 0.15) is 5.75 Å². The maximum atomic E-state index is 12.9. The van der Waals surface area contributed by atoms with Gasteiger partial charge in [0.2, 0.25) is 5.91 Å². The molecule has 4 nitrogen and oxygen atoms in total. The first-order valence-electron chi connectivity index (χ1n) is 9.72. The summed E-state index contributed by atoms with van der Waals surface area (Å²) >= 11 is 0. The zero-order valence-corrected chi connectivity index (χ0v) is 16.3. The molecule has 2 aromatic carbocycles. The topological polar surface area (TPSA) is 41.6 Å². The second-order valence-electron chi connectivity index (χ2n) is 7.18. The normalized spacial score (nSPS) is 17.3. The third kappa shape index (κ3) is 5.73. The summed E-state index contributed by atoms with van der Waals surface area (Å²) in [5.41, 5.74) is 2.50. The average Bonchev–Trinajstić information content (AvgIpc) is 3.16. The van der Waals surface area contributed by atoms with Crippen LogP contribution in [0.1, 0.15) is 25.7 Å². The maximum Gasteiger partial charge on any atom is 0.389 e. The molecule has 0 spiro atoms. The lowest BCUT2D eigenvalue weighted by molar-refractivity contribution is -0.136. The van der Waals surface area contributed by atoms with Crippen LogP contribution >= 0.6 is 0 Å². The van der Waals surface area contributed by atoms with E-state index in [0.29, 0.717) is 18.7 Å². The third-order valence-electron chi connectivity index (χ3n) is 5.16. The Labute approximate surface area is 168 Å². The number of rotatable bonds is 7. The highest BCUT2D eigenvalue weighted by atomic mass is 19.4. The molecule has 0 aliphatic carbocycles. The standard InChI is InChI=1S/C22H25F3N2O2/c1-29-17-11-9-16(10-12-17)18-6-2-3-7-19(18)26-21(28)20-8-4-14-27(20)15-5-13-22(23,24)25/h2-3,6-7,9-12,20H,4-5,8,13-15H2,1H3,(H,26,28)/t20-/m1/s1. The van der Waals surface area contributed by atoms with Gasteiger partial charge in [0.05, 0.1) is 13.2 Å². The van der Waals surface area contributed by atoms with Crippen molar-refractivity contribution in [1.29, 1.82) is 0 Å². The summed E-state index contributed by atoms with van der Waals surface area (Å²) < 4.78 is 42.4. The molecule has 0 saturated carbocycles. The number of halogens is 3. The molecule has 0 aromatic heterocycles. The molecule has 1 N–H and O–H groups in total. The van der Waals surface area contributed by atoms with Crippen LogP contribution in [0.5, 0.6) is 5.75 Å². The van der Waals surface area contributed by atoms with Gasteiger partial charge in [0.15, 0.2) is 0 Å². The first kappa shape index (κ1) is 21.2. The van der Waals surface area contributed by atoms with Gasteiger partial charge >= 0.3 is 6.18 Å². The van der Waals surface area contributed by atoms with E-state index < -0.39 is 18.6 Å². The number of nitrogens with zero attached hydrogens (tertiary/aromatic N) is 1. The van der Waals surface area contributed by atoms with E-state index in [9.17, 15) is 18.0 Å². The Morgan fingerprint density at radius 2 is 1.90 bits per heavy atom. The quantitative estimate of drug-likeness (QED) is 0.695. The lowest BCUT2D eigenvalue weighted by atomic mass is 10.0. The molecule has 1 atom stereocenters. The second kappa shape index (κ2) is 9.31. The van der Waals surface area contributed by atoms with Crippen LogP contribution in [0.25, 0.3) is 11.1 Å². The number of nitrogens with one attached hydrogen (secondary N) is 1. The number of ether oxygens (including phenoxy) is 1. The van der Waals surface area contributed by atoms with Crippen molar-refractivity contribution < 1.29 is 22.7 Å². The molecule has 0 radical (unpaired) electrons. The number of hydrogen-bond acceptors (Lipinski definition) is 3. The minimum atomic E-state index is -4.16. The minimum Gasteiger partial charge on any atom is -0.497 e. The average molecular weight is 406 g/mol. The van der Waals surface area contributed by atoms with Crippen LogP contribution < -0.4 is 10.1 Å². The van der Waals surface area contributed by atoms with Crippen LogP contribution in [0, 0.1) is 0 Å². The van der Waals surface area contributed by atoms with E-state index in [2.05, 4.69) is 5.32 Å². The van der Waals surface area contributed by atoms with Crippen molar-refractivity contribution in [2.75, 3.05) is 25.5 Å². The molecular formula is C22H25F3N2O2. The Hall–Kier alpha value is -2.54. The number of carbonyl (C=O) groups is 1. The smallest absolute Gasteiger partial charge is 0.389 e. The molecule has 1 amide bonds. The molecule has 29 heavy (non-hydrogen) atoms. The maximum absolute atomic E-state index is 12.9. The van der Waals surface area contributed by atoms with Gasteiger partial charge in [0.25, 0.3) is 0 Å². The molecule has 1 saturated heterocycles. The SMILES string of the molecule is COc1ccc(-c2ccccc2NC(=O)[C@H]2CCCN2CCCC(F)(F)F)cc1. The van der Waals surface area contributed by atoms with Gasteiger partial charge < -0.3 is 10.1 Å². The van der Waals surface area contributed by atoms with Crippen LogP contribution in [0.4, 0.5) is 18.9 Å². The number of alkyl halides is 3. The molecule has 1 aliphatic rings. The van der Waals surface area contributed by atoms with Crippen molar-refractivity contribution in [1.82, 2.24) is 4.90 Å². The van der Waals surface area contributed by atoms with Crippen molar-refractivity contribution in [2.45, 2.75) is 37.9 Å². The molecule has 0 bridgehead atoms. The highest BCUT2D eigenvalue weighted by molar-refractivity contribution is 5.98. The number of carbonyl (C=O) groups excluding carboxylic acids is 1. The first-order chi connectivity index (χ1) is 13.9. The molecular weight excluding hydrogens is 381 g/mol. The fourth-order valence-electron chi connectivity index (χ4n) is 3.70. The molecule has 2 aromatic rings. The van der Waals surface area contributed by atoms with Crippen LogP contribution in [-0.4, -0.2) is 43.2 Å². The van der Waals surface area contributed by atoms with Crippen molar-refractivity contribution in [3.05, 3.63) is 48.5 Å². The lowest BCUT2D eigenvalue weighted by Gasteiger charge is -2.24. The zero-order chi connectivity index (χ0) is 20.9. The fraction of sp³-hybridized carbons (Fsp3) is 0.409. The van der Waals surface area contributed by atoms with E-state index in [-0.39, 0.29) is 18.9 Å². The van der Waals surface area contributed by atoms with Crippen LogP contribution in [0.3, 0.4) is 0 Å². The number of amides is 1. The van der Waals surface area contributed by atoms with Gasteiger partial charge in [-0.1, -0.05) is 30.3 Å². The van der Waals surface area contributed by atoms with Crippen molar-refractivity contribution in [3.8, 4) is 16.9 Å². The summed E-state index contributed by atoms with van der Waals surface area (Å²) in [6, 6.07) is 14.7. The Morgan fingerprint density at radius 1 is 1.17 bits per heavy atom. The van der Waals surface area contributed by atoms with E-state index in [4.69, 9.17) is 4.74 Å². The van der Waals surface area contributed by atoms with Gasteiger partial charge in [-0.15, -0.1) is 0 Å². The lowest BCUT2D eigenvalue weighted by Crippen LogP contribution is -2.40. The van der Waals surface area contributed by atoms with Gasteiger partial charge in [0, 0.05) is 17.7 Å². The number of hydrogen-bond donors (Lipinski definition) is 1. The number of anilines is 1. The van der Waals surface area contributed by atoms with Crippen molar-refractivity contribution >= 4 is 11.6 Å².